The van der Waals surface area contributed by atoms with E-state index in [4.69, 9.17) is 0 Å². The first-order valence-electron chi connectivity index (χ1n) is 5.89. The van der Waals surface area contributed by atoms with E-state index in [0.29, 0.717) is 4.47 Å². The minimum atomic E-state index is -0.185. The average molecular weight is 301 g/mol. The number of halogens is 2. The topological polar surface area (TPSA) is 15.3 Å². The van der Waals surface area contributed by atoms with E-state index in [0.717, 1.165) is 31.7 Å². The van der Waals surface area contributed by atoms with Crippen molar-refractivity contribution < 1.29 is 4.39 Å². The summed E-state index contributed by atoms with van der Waals surface area (Å²) in [6.07, 6.45) is 0. The van der Waals surface area contributed by atoms with Crippen molar-refractivity contribution >= 4 is 15.9 Å². The van der Waals surface area contributed by atoms with Gasteiger partial charge in [0.15, 0.2) is 0 Å². The first-order chi connectivity index (χ1) is 7.99. The predicted molar refractivity (Wildman–Crippen MR) is 71.5 cm³/mol. The van der Waals surface area contributed by atoms with E-state index in [-0.39, 0.29) is 11.4 Å². The van der Waals surface area contributed by atoms with Crippen LogP contribution in [0.5, 0.6) is 0 Å². The zero-order chi connectivity index (χ0) is 12.5. The highest BCUT2D eigenvalue weighted by Crippen LogP contribution is 2.22. The molecule has 17 heavy (non-hydrogen) atoms. The van der Waals surface area contributed by atoms with E-state index in [1.807, 2.05) is 6.07 Å². The summed E-state index contributed by atoms with van der Waals surface area (Å²) < 4.78 is 14.0. The van der Waals surface area contributed by atoms with Crippen molar-refractivity contribution in [2.24, 2.45) is 0 Å². The van der Waals surface area contributed by atoms with Gasteiger partial charge in [-0.15, -0.1) is 0 Å². The van der Waals surface area contributed by atoms with Crippen molar-refractivity contribution in [3.05, 3.63) is 34.1 Å². The second kappa shape index (κ2) is 5.04. The Balaban J connectivity index is 2.11. The van der Waals surface area contributed by atoms with Crippen LogP contribution in [-0.2, 0) is 6.54 Å². The van der Waals surface area contributed by atoms with Gasteiger partial charge in [-0.25, -0.2) is 4.39 Å². The monoisotopic (exact) mass is 300 g/mol. The van der Waals surface area contributed by atoms with Gasteiger partial charge in [-0.1, -0.05) is 6.07 Å². The fraction of sp³-hybridized carbons (Fsp3) is 0.538. The van der Waals surface area contributed by atoms with E-state index < -0.39 is 0 Å². The second-order valence-electron chi connectivity index (χ2n) is 5.16. The Morgan fingerprint density at radius 3 is 2.88 bits per heavy atom. The predicted octanol–water partition coefficient (Wildman–Crippen LogP) is 2.77. The van der Waals surface area contributed by atoms with Gasteiger partial charge in [-0.2, -0.15) is 0 Å². The van der Waals surface area contributed by atoms with Gasteiger partial charge in [0, 0.05) is 31.7 Å². The van der Waals surface area contributed by atoms with E-state index in [2.05, 4.69) is 40.0 Å². The number of benzene rings is 1. The maximum absolute atomic E-state index is 13.4. The Bertz CT molecular complexity index is 406. The molecule has 1 fully saturated rings. The maximum Gasteiger partial charge on any atom is 0.137 e. The van der Waals surface area contributed by atoms with Crippen LogP contribution in [0.25, 0.3) is 0 Å². The lowest BCUT2D eigenvalue weighted by molar-refractivity contribution is 0.0826. The summed E-state index contributed by atoms with van der Waals surface area (Å²) >= 11 is 3.18. The molecule has 1 heterocycles. The Morgan fingerprint density at radius 2 is 2.24 bits per heavy atom. The van der Waals surface area contributed by atoms with Gasteiger partial charge >= 0.3 is 0 Å². The van der Waals surface area contributed by atoms with Crippen LogP contribution in [0.4, 0.5) is 4.39 Å². The van der Waals surface area contributed by atoms with Crippen LogP contribution in [0.1, 0.15) is 19.4 Å². The van der Waals surface area contributed by atoms with Crippen molar-refractivity contribution in [2.75, 3.05) is 19.6 Å². The number of piperazine rings is 1. The molecule has 0 atom stereocenters. The average Bonchev–Trinajstić information content (AvgIpc) is 2.26. The zero-order valence-electron chi connectivity index (χ0n) is 10.3. The normalized spacial score (nSPS) is 20.5. The minimum absolute atomic E-state index is 0.127. The van der Waals surface area contributed by atoms with Crippen LogP contribution >= 0.6 is 15.9 Å². The third-order valence-corrected chi connectivity index (χ3v) is 3.97. The summed E-state index contributed by atoms with van der Waals surface area (Å²) in [4.78, 5) is 2.40. The molecule has 1 aliphatic rings. The summed E-state index contributed by atoms with van der Waals surface area (Å²) in [6, 6.07) is 5.37. The fourth-order valence-corrected chi connectivity index (χ4v) is 2.42. The van der Waals surface area contributed by atoms with Crippen LogP contribution in [0, 0.1) is 5.82 Å². The minimum Gasteiger partial charge on any atom is -0.314 e. The van der Waals surface area contributed by atoms with Crippen LogP contribution in [-0.4, -0.2) is 30.1 Å². The maximum atomic E-state index is 13.4. The summed E-state index contributed by atoms with van der Waals surface area (Å²) in [6.45, 7) is 8.22. The van der Waals surface area contributed by atoms with Gasteiger partial charge in [0.1, 0.15) is 5.82 Å². The van der Waals surface area contributed by atoms with Gasteiger partial charge in [0.25, 0.3) is 0 Å². The second-order valence-corrected chi connectivity index (χ2v) is 6.01. The van der Waals surface area contributed by atoms with Gasteiger partial charge in [-0.3, -0.25) is 4.90 Å². The summed E-state index contributed by atoms with van der Waals surface area (Å²) in [5.41, 5.74) is 1.16. The van der Waals surface area contributed by atoms with Crippen molar-refractivity contribution in [3.8, 4) is 0 Å². The lowest BCUT2D eigenvalue weighted by Gasteiger charge is -2.42. The number of hydrogen-bond acceptors (Lipinski definition) is 2. The standard InChI is InChI=1S/C13H18BrFN2/c1-13(2)9-16-5-6-17(13)8-10-3-4-11(14)12(15)7-10/h3-4,7,16H,5-6,8-9H2,1-2H3. The molecule has 0 saturated carbocycles. The molecule has 1 aliphatic heterocycles. The molecule has 0 radical (unpaired) electrons. The van der Waals surface area contributed by atoms with E-state index in [1.165, 1.54) is 0 Å². The number of rotatable bonds is 2. The largest absolute Gasteiger partial charge is 0.314 e. The van der Waals surface area contributed by atoms with Crippen molar-refractivity contribution in [3.63, 3.8) is 0 Å². The highest BCUT2D eigenvalue weighted by atomic mass is 79.9. The first kappa shape index (κ1) is 13.0. The fourth-order valence-electron chi connectivity index (χ4n) is 2.17. The molecule has 2 rings (SSSR count). The molecule has 4 heteroatoms. The smallest absolute Gasteiger partial charge is 0.137 e. The van der Waals surface area contributed by atoms with Crippen molar-refractivity contribution in [1.82, 2.24) is 10.2 Å². The molecule has 1 aromatic carbocycles. The highest BCUT2D eigenvalue weighted by Gasteiger charge is 2.29. The van der Waals surface area contributed by atoms with E-state index in [1.54, 1.807) is 12.1 Å². The van der Waals surface area contributed by atoms with Gasteiger partial charge in [0.05, 0.1) is 4.47 Å². The quantitative estimate of drug-likeness (QED) is 0.903. The molecule has 2 nitrogen and oxygen atoms in total. The SMILES string of the molecule is CC1(C)CNCCN1Cc1ccc(Br)c(F)c1. The molecule has 1 saturated heterocycles. The van der Waals surface area contributed by atoms with Gasteiger partial charge in [-0.05, 0) is 47.5 Å². The molecule has 1 aromatic rings. The Morgan fingerprint density at radius 1 is 1.47 bits per heavy atom. The van der Waals surface area contributed by atoms with Gasteiger partial charge in [0.2, 0.25) is 0 Å². The molecule has 0 bridgehead atoms. The summed E-state index contributed by atoms with van der Waals surface area (Å²) in [5, 5.41) is 3.39. The Hall–Kier alpha value is -0.450. The third-order valence-electron chi connectivity index (χ3n) is 3.33. The van der Waals surface area contributed by atoms with Crippen LogP contribution in [0.15, 0.2) is 22.7 Å². The summed E-state index contributed by atoms with van der Waals surface area (Å²) in [7, 11) is 0. The Kier molecular flexibility index (Phi) is 3.85. The lowest BCUT2D eigenvalue weighted by atomic mass is 9.99. The van der Waals surface area contributed by atoms with Crippen molar-refractivity contribution in [1.29, 1.82) is 0 Å². The molecular formula is C13H18BrFN2. The van der Waals surface area contributed by atoms with Crippen molar-refractivity contribution in [2.45, 2.75) is 25.9 Å². The number of hydrogen-bond donors (Lipinski definition) is 1. The van der Waals surface area contributed by atoms with Crippen LogP contribution in [0.2, 0.25) is 0 Å². The van der Waals surface area contributed by atoms with Crippen LogP contribution < -0.4 is 5.32 Å². The van der Waals surface area contributed by atoms with Crippen LogP contribution in [0.3, 0.4) is 0 Å². The molecule has 0 spiro atoms. The lowest BCUT2D eigenvalue weighted by Crippen LogP contribution is -2.57. The number of nitrogens with one attached hydrogen (secondary N) is 1. The molecule has 0 amide bonds. The van der Waals surface area contributed by atoms with E-state index >= 15 is 0 Å². The molecular weight excluding hydrogens is 283 g/mol. The van der Waals surface area contributed by atoms with Gasteiger partial charge < -0.3 is 5.32 Å². The number of nitrogens with zero attached hydrogens (tertiary/aromatic N) is 1. The molecule has 0 aromatic heterocycles. The third kappa shape index (κ3) is 3.06. The molecule has 1 N–H and O–H groups in total. The Labute approximate surface area is 110 Å². The zero-order valence-corrected chi connectivity index (χ0v) is 11.8. The highest BCUT2D eigenvalue weighted by molar-refractivity contribution is 9.10. The molecule has 0 aliphatic carbocycles. The summed E-state index contributed by atoms with van der Waals surface area (Å²) in [5.74, 6) is -0.185. The van der Waals surface area contributed by atoms with E-state index in [9.17, 15) is 4.39 Å². The molecule has 0 unspecified atom stereocenters. The molecule has 94 valence electrons. The first-order valence-corrected chi connectivity index (χ1v) is 6.68.